The Kier molecular flexibility index (Phi) is 6.50. The molecule has 0 bridgehead atoms. The second kappa shape index (κ2) is 7.88. The Bertz CT molecular complexity index is 553. The topological polar surface area (TPSA) is 73.9 Å². The smallest absolute Gasteiger partial charge is 0.311 e. The van der Waals surface area contributed by atoms with Crippen LogP contribution in [0.3, 0.4) is 0 Å². The molecular weight excluding hydrogens is 299 g/mol. The maximum absolute atomic E-state index is 11.3. The van der Waals surface area contributed by atoms with Gasteiger partial charge in [-0.2, -0.15) is 5.26 Å². The summed E-state index contributed by atoms with van der Waals surface area (Å²) in [4.78, 5) is 11.3. The van der Waals surface area contributed by atoms with Crippen LogP contribution in [-0.2, 0) is 9.53 Å². The van der Waals surface area contributed by atoms with Crippen molar-refractivity contribution in [2.45, 2.75) is 25.7 Å². The van der Waals surface area contributed by atoms with Crippen molar-refractivity contribution in [1.82, 2.24) is 0 Å². The number of nitriles is 1. The Morgan fingerprint density at radius 2 is 2.15 bits per heavy atom. The van der Waals surface area contributed by atoms with E-state index in [-0.39, 0.29) is 18.7 Å². The number of benzene rings is 1. The van der Waals surface area contributed by atoms with Crippen molar-refractivity contribution < 1.29 is 9.53 Å². The van der Waals surface area contributed by atoms with Crippen LogP contribution in [0.15, 0.2) is 18.2 Å². The monoisotopic (exact) mass is 312 g/mol. The molecule has 0 aromatic heterocycles. The summed E-state index contributed by atoms with van der Waals surface area (Å²) in [5.74, 6) is -0.873. The molecule has 0 heterocycles. The van der Waals surface area contributed by atoms with Crippen LogP contribution in [0.1, 0.15) is 31.2 Å². The van der Waals surface area contributed by atoms with E-state index in [0.717, 1.165) is 5.56 Å². The summed E-state index contributed by atoms with van der Waals surface area (Å²) in [6.07, 6.45) is 0.348. The highest BCUT2D eigenvalue weighted by atomic mass is 35.5. The molecule has 1 rings (SSSR count). The zero-order valence-electron chi connectivity index (χ0n) is 11.0. The van der Waals surface area contributed by atoms with E-state index >= 15 is 0 Å². The third-order valence-corrected chi connectivity index (χ3v) is 3.32. The number of carbonyl (C=O) groups is 1. The number of esters is 1. The fraction of sp³-hybridized carbons (Fsp3) is 0.357. The molecule has 1 atom stereocenters. The lowest BCUT2D eigenvalue weighted by Crippen LogP contribution is -2.11. The van der Waals surface area contributed by atoms with Crippen molar-refractivity contribution in [3.63, 3.8) is 0 Å². The third kappa shape index (κ3) is 5.20. The number of nitrogens with zero attached hydrogens (tertiary/aromatic N) is 1. The van der Waals surface area contributed by atoms with Gasteiger partial charge in [-0.3, -0.25) is 4.79 Å². The zero-order valence-corrected chi connectivity index (χ0v) is 12.5. The molecule has 1 aromatic rings. The van der Waals surface area contributed by atoms with Crippen LogP contribution < -0.4 is 0 Å². The Morgan fingerprint density at radius 3 is 2.70 bits per heavy atom. The number of halogens is 2. The van der Waals surface area contributed by atoms with Crippen molar-refractivity contribution in [3.8, 4) is 6.07 Å². The molecule has 0 saturated carbocycles. The fourth-order valence-electron chi connectivity index (χ4n) is 1.59. The molecule has 1 N–H and O–H groups in total. The molecule has 1 aromatic carbocycles. The van der Waals surface area contributed by atoms with Gasteiger partial charge in [-0.15, -0.1) is 0 Å². The molecule has 0 aliphatic heterocycles. The van der Waals surface area contributed by atoms with Crippen LogP contribution in [0.4, 0.5) is 0 Å². The second-order valence-corrected chi connectivity index (χ2v) is 5.14. The molecule has 0 amide bonds. The molecule has 6 heteroatoms. The van der Waals surface area contributed by atoms with E-state index in [0.29, 0.717) is 16.5 Å². The number of ether oxygens (including phenoxy) is 1. The Morgan fingerprint density at radius 1 is 1.45 bits per heavy atom. The number of rotatable bonds is 6. The molecule has 0 aliphatic carbocycles. The standard InChI is InChI=1S/C14H14Cl2N2O2/c1-9(18)6-14(19)20-5-4-11(8-17)10-2-3-12(15)13(16)7-10/h2-3,7,11,18H,4-6H2,1H3. The minimum atomic E-state index is -0.455. The van der Waals surface area contributed by atoms with E-state index < -0.39 is 11.9 Å². The van der Waals surface area contributed by atoms with Crippen LogP contribution >= 0.6 is 23.2 Å². The molecule has 0 radical (unpaired) electrons. The predicted molar refractivity (Wildman–Crippen MR) is 78.4 cm³/mol. The van der Waals surface area contributed by atoms with Crippen LogP contribution in [0, 0.1) is 16.7 Å². The highest BCUT2D eigenvalue weighted by molar-refractivity contribution is 6.42. The van der Waals surface area contributed by atoms with E-state index in [1.165, 1.54) is 6.92 Å². The zero-order chi connectivity index (χ0) is 15.1. The Hall–Kier alpha value is -1.57. The van der Waals surface area contributed by atoms with Gasteiger partial charge in [-0.1, -0.05) is 29.3 Å². The Balaban J connectivity index is 2.56. The number of carbonyl (C=O) groups excluding carboxylic acids is 1. The van der Waals surface area contributed by atoms with Crippen molar-refractivity contribution in [2.75, 3.05) is 6.61 Å². The van der Waals surface area contributed by atoms with Gasteiger partial charge in [0.25, 0.3) is 0 Å². The van der Waals surface area contributed by atoms with E-state index in [1.807, 2.05) is 0 Å². The first-order valence-corrected chi connectivity index (χ1v) is 6.74. The van der Waals surface area contributed by atoms with Gasteiger partial charge < -0.3 is 10.1 Å². The minimum Gasteiger partial charge on any atom is -0.465 e. The number of hydrogen-bond donors (Lipinski definition) is 1. The molecule has 0 aliphatic rings. The predicted octanol–water partition coefficient (Wildman–Crippen LogP) is 3.96. The van der Waals surface area contributed by atoms with Crippen molar-refractivity contribution in [3.05, 3.63) is 33.8 Å². The van der Waals surface area contributed by atoms with Gasteiger partial charge in [0, 0.05) is 12.1 Å². The average molecular weight is 313 g/mol. The maximum Gasteiger partial charge on any atom is 0.311 e. The lowest BCUT2D eigenvalue weighted by molar-refractivity contribution is -0.142. The lowest BCUT2D eigenvalue weighted by Gasteiger charge is -2.11. The number of hydrogen-bond acceptors (Lipinski definition) is 4. The van der Waals surface area contributed by atoms with Gasteiger partial charge >= 0.3 is 5.97 Å². The van der Waals surface area contributed by atoms with Crippen LogP contribution in [-0.4, -0.2) is 18.3 Å². The molecule has 106 valence electrons. The van der Waals surface area contributed by atoms with E-state index in [2.05, 4.69) is 6.07 Å². The molecule has 20 heavy (non-hydrogen) atoms. The molecule has 4 nitrogen and oxygen atoms in total. The normalized spacial score (nSPS) is 11.5. The summed E-state index contributed by atoms with van der Waals surface area (Å²) in [5, 5.41) is 17.1. The highest BCUT2D eigenvalue weighted by Gasteiger charge is 2.13. The summed E-state index contributed by atoms with van der Waals surface area (Å²) in [6.45, 7) is 1.67. The lowest BCUT2D eigenvalue weighted by atomic mass is 9.98. The first-order valence-electron chi connectivity index (χ1n) is 5.98. The molecular formula is C14H14Cl2N2O2. The molecule has 0 fully saturated rings. The SMILES string of the molecule is CC(=N)CC(=O)OCCC(C#N)c1ccc(Cl)c(Cl)c1. The molecule has 0 spiro atoms. The molecule has 0 saturated heterocycles. The quantitative estimate of drug-likeness (QED) is 0.638. The van der Waals surface area contributed by atoms with Gasteiger partial charge in [-0.05, 0) is 24.6 Å². The van der Waals surface area contributed by atoms with Gasteiger partial charge in [0.1, 0.15) is 0 Å². The largest absolute Gasteiger partial charge is 0.465 e. The fourth-order valence-corrected chi connectivity index (χ4v) is 1.90. The van der Waals surface area contributed by atoms with Crippen molar-refractivity contribution >= 4 is 34.9 Å². The Labute approximate surface area is 127 Å². The summed E-state index contributed by atoms with van der Waals surface area (Å²) < 4.78 is 4.97. The summed E-state index contributed by atoms with van der Waals surface area (Å²) in [7, 11) is 0. The number of nitrogens with one attached hydrogen (secondary N) is 1. The van der Waals surface area contributed by atoms with E-state index in [1.54, 1.807) is 18.2 Å². The second-order valence-electron chi connectivity index (χ2n) is 4.32. The third-order valence-electron chi connectivity index (χ3n) is 2.58. The first kappa shape index (κ1) is 16.5. The average Bonchev–Trinajstić information content (AvgIpc) is 2.37. The van der Waals surface area contributed by atoms with E-state index in [9.17, 15) is 4.79 Å². The van der Waals surface area contributed by atoms with Gasteiger partial charge in [0.2, 0.25) is 0 Å². The summed E-state index contributed by atoms with van der Waals surface area (Å²) in [5.41, 5.74) is 0.984. The summed E-state index contributed by atoms with van der Waals surface area (Å²) >= 11 is 11.7. The maximum atomic E-state index is 11.3. The van der Waals surface area contributed by atoms with Crippen molar-refractivity contribution in [1.29, 1.82) is 10.7 Å². The van der Waals surface area contributed by atoms with Crippen LogP contribution in [0.2, 0.25) is 10.0 Å². The van der Waals surface area contributed by atoms with Crippen molar-refractivity contribution in [2.24, 2.45) is 0 Å². The summed E-state index contributed by atoms with van der Waals surface area (Å²) in [6, 6.07) is 7.15. The van der Waals surface area contributed by atoms with Gasteiger partial charge in [0.05, 0.1) is 35.1 Å². The molecule has 1 unspecified atom stereocenters. The van der Waals surface area contributed by atoms with E-state index in [4.69, 9.17) is 38.6 Å². The highest BCUT2D eigenvalue weighted by Crippen LogP contribution is 2.27. The first-order chi connectivity index (χ1) is 9.43. The van der Waals surface area contributed by atoms with Crippen LogP contribution in [0.5, 0.6) is 0 Å². The van der Waals surface area contributed by atoms with Gasteiger partial charge in [0.15, 0.2) is 0 Å². The van der Waals surface area contributed by atoms with Gasteiger partial charge in [-0.25, -0.2) is 0 Å². The van der Waals surface area contributed by atoms with Crippen LogP contribution in [0.25, 0.3) is 0 Å². The minimum absolute atomic E-state index is 0.0238.